The highest BCUT2D eigenvalue weighted by atomic mass is 16.4. The Hall–Kier alpha value is -2.41. The first-order chi connectivity index (χ1) is 9.65. The molecule has 1 aromatic carbocycles. The summed E-state index contributed by atoms with van der Waals surface area (Å²) in [7, 11) is 0. The van der Waals surface area contributed by atoms with Crippen molar-refractivity contribution in [3.8, 4) is 0 Å². The lowest BCUT2D eigenvalue weighted by atomic mass is 10.2. The van der Waals surface area contributed by atoms with Gasteiger partial charge in [0.05, 0.1) is 11.0 Å². The molecule has 2 heterocycles. The van der Waals surface area contributed by atoms with Gasteiger partial charge in [0.15, 0.2) is 11.6 Å². The summed E-state index contributed by atoms with van der Waals surface area (Å²) in [6.07, 6.45) is 0. The van der Waals surface area contributed by atoms with Crippen LogP contribution in [0, 0.1) is 0 Å². The van der Waals surface area contributed by atoms with E-state index in [2.05, 4.69) is 15.3 Å². The first-order valence-electron chi connectivity index (χ1n) is 6.38. The summed E-state index contributed by atoms with van der Waals surface area (Å²) in [6.45, 7) is 1.55. The number of fused-ring (bicyclic) bond motifs is 1. The molecule has 1 atom stereocenters. The van der Waals surface area contributed by atoms with Crippen molar-refractivity contribution in [1.82, 2.24) is 15.3 Å². The van der Waals surface area contributed by atoms with Gasteiger partial charge in [-0.2, -0.15) is 0 Å². The average Bonchev–Trinajstić information content (AvgIpc) is 2.46. The first kappa shape index (κ1) is 12.6. The lowest BCUT2D eigenvalue weighted by Crippen LogP contribution is -2.54. The Kier molecular flexibility index (Phi) is 3.11. The second-order valence-corrected chi connectivity index (χ2v) is 4.71. The fourth-order valence-electron chi connectivity index (χ4n) is 2.34. The van der Waals surface area contributed by atoms with E-state index in [9.17, 15) is 4.79 Å². The maximum absolute atomic E-state index is 11.1. The molecule has 1 aromatic heterocycles. The van der Waals surface area contributed by atoms with Crippen LogP contribution < -0.4 is 16.0 Å². The third-order valence-corrected chi connectivity index (χ3v) is 3.35. The van der Waals surface area contributed by atoms with Crippen LogP contribution in [0.25, 0.3) is 11.0 Å². The summed E-state index contributed by atoms with van der Waals surface area (Å²) in [5.74, 6) is 0.00760. The first-order valence-corrected chi connectivity index (χ1v) is 6.38. The molecule has 0 saturated carbocycles. The maximum atomic E-state index is 11.1. The molecule has 0 spiro atoms. The minimum absolute atomic E-state index is 0.326. The number of carboxylic acid groups (broad SMARTS) is 1. The van der Waals surface area contributed by atoms with E-state index in [4.69, 9.17) is 10.8 Å². The fraction of sp³-hybridized carbons (Fsp3) is 0.308. The van der Waals surface area contributed by atoms with E-state index in [1.165, 1.54) is 0 Å². The molecule has 0 radical (unpaired) electrons. The fourth-order valence-corrected chi connectivity index (χ4v) is 2.34. The highest BCUT2D eigenvalue weighted by molar-refractivity contribution is 5.80. The lowest BCUT2D eigenvalue weighted by molar-refractivity contribution is -0.139. The molecule has 4 N–H and O–H groups in total. The van der Waals surface area contributed by atoms with Gasteiger partial charge in [-0.3, -0.25) is 4.79 Å². The summed E-state index contributed by atoms with van der Waals surface area (Å²) in [5.41, 5.74) is 7.44. The highest BCUT2D eigenvalue weighted by Crippen LogP contribution is 2.23. The number of rotatable bonds is 2. The molecule has 104 valence electrons. The molecule has 2 aromatic rings. The highest BCUT2D eigenvalue weighted by Gasteiger charge is 2.27. The molecule has 1 fully saturated rings. The molecule has 0 amide bonds. The number of aromatic nitrogens is 2. The van der Waals surface area contributed by atoms with Gasteiger partial charge in [0.25, 0.3) is 0 Å². The monoisotopic (exact) mass is 273 g/mol. The zero-order valence-electron chi connectivity index (χ0n) is 10.8. The van der Waals surface area contributed by atoms with Crippen molar-refractivity contribution in [3.05, 3.63) is 24.3 Å². The Morgan fingerprint density at radius 2 is 2.05 bits per heavy atom. The number of para-hydroxylation sites is 2. The van der Waals surface area contributed by atoms with Gasteiger partial charge in [-0.25, -0.2) is 9.97 Å². The number of carboxylic acids is 1. The van der Waals surface area contributed by atoms with E-state index >= 15 is 0 Å². The molecule has 3 rings (SSSR count). The number of aliphatic carboxylic acids is 1. The van der Waals surface area contributed by atoms with Crippen molar-refractivity contribution < 1.29 is 9.90 Å². The van der Waals surface area contributed by atoms with Crippen LogP contribution in [0.5, 0.6) is 0 Å². The van der Waals surface area contributed by atoms with Gasteiger partial charge in [0, 0.05) is 19.6 Å². The van der Waals surface area contributed by atoms with Crippen LogP contribution in [0.3, 0.4) is 0 Å². The number of piperazine rings is 1. The molecular formula is C13H15N5O2. The van der Waals surface area contributed by atoms with Crippen LogP contribution in [0.15, 0.2) is 24.3 Å². The van der Waals surface area contributed by atoms with Crippen molar-refractivity contribution in [2.45, 2.75) is 6.04 Å². The Balaban J connectivity index is 1.96. The van der Waals surface area contributed by atoms with Crippen molar-refractivity contribution >= 4 is 28.6 Å². The quantitative estimate of drug-likeness (QED) is 0.711. The standard InChI is InChI=1S/C13H15N5O2/c14-11-12(17-9-4-2-1-3-8(9)16-11)18-6-5-15-10(7-18)13(19)20/h1-4,10,15H,5-7H2,(H2,14,16)(H,19,20). The minimum atomic E-state index is -0.873. The van der Waals surface area contributed by atoms with Gasteiger partial charge in [-0.15, -0.1) is 0 Å². The van der Waals surface area contributed by atoms with Crippen LogP contribution in [0.4, 0.5) is 11.6 Å². The van der Waals surface area contributed by atoms with Gasteiger partial charge in [-0.1, -0.05) is 12.1 Å². The Labute approximate surface area is 115 Å². The molecule has 7 nitrogen and oxygen atoms in total. The molecule has 20 heavy (non-hydrogen) atoms. The summed E-state index contributed by atoms with van der Waals surface area (Å²) >= 11 is 0. The smallest absolute Gasteiger partial charge is 0.322 e. The van der Waals surface area contributed by atoms with Gasteiger partial charge >= 0.3 is 5.97 Å². The molecule has 1 saturated heterocycles. The predicted octanol–water partition coefficient (Wildman–Crippen LogP) is 0.0748. The van der Waals surface area contributed by atoms with Gasteiger partial charge in [0.2, 0.25) is 0 Å². The summed E-state index contributed by atoms with van der Waals surface area (Å²) in [5, 5.41) is 12.0. The minimum Gasteiger partial charge on any atom is -0.480 e. The normalized spacial score (nSPS) is 19.2. The summed E-state index contributed by atoms with van der Waals surface area (Å²) in [6, 6.07) is 6.86. The number of nitrogens with two attached hydrogens (primary N) is 1. The number of nitrogen functional groups attached to an aromatic ring is 1. The number of carbonyl (C=O) groups is 1. The molecule has 0 aliphatic carbocycles. The van der Waals surface area contributed by atoms with Crippen molar-refractivity contribution in [3.63, 3.8) is 0 Å². The largest absolute Gasteiger partial charge is 0.480 e. The molecule has 7 heteroatoms. The van der Waals surface area contributed by atoms with Crippen LogP contribution in [-0.4, -0.2) is 46.7 Å². The van der Waals surface area contributed by atoms with Gasteiger partial charge in [0.1, 0.15) is 6.04 Å². The lowest BCUT2D eigenvalue weighted by Gasteiger charge is -2.32. The Bertz CT molecular complexity index is 660. The second kappa shape index (κ2) is 4.93. The number of nitrogens with zero attached hydrogens (tertiary/aromatic N) is 3. The zero-order valence-corrected chi connectivity index (χ0v) is 10.8. The predicted molar refractivity (Wildman–Crippen MR) is 75.6 cm³/mol. The molecule has 1 aliphatic heterocycles. The number of hydrogen-bond donors (Lipinski definition) is 3. The molecular weight excluding hydrogens is 258 g/mol. The van der Waals surface area contributed by atoms with E-state index in [0.29, 0.717) is 31.3 Å². The number of nitrogens with one attached hydrogen (secondary N) is 1. The third-order valence-electron chi connectivity index (χ3n) is 3.35. The van der Waals surface area contributed by atoms with Gasteiger partial charge < -0.3 is 21.1 Å². The van der Waals surface area contributed by atoms with Crippen LogP contribution in [0.2, 0.25) is 0 Å². The van der Waals surface area contributed by atoms with E-state index < -0.39 is 12.0 Å². The Morgan fingerprint density at radius 1 is 1.35 bits per heavy atom. The number of anilines is 2. The van der Waals surface area contributed by atoms with E-state index in [1.807, 2.05) is 29.2 Å². The van der Waals surface area contributed by atoms with Crippen molar-refractivity contribution in [2.75, 3.05) is 30.3 Å². The van der Waals surface area contributed by atoms with Crippen LogP contribution in [-0.2, 0) is 4.79 Å². The Morgan fingerprint density at radius 3 is 2.75 bits per heavy atom. The van der Waals surface area contributed by atoms with E-state index in [1.54, 1.807) is 0 Å². The topological polar surface area (TPSA) is 104 Å². The SMILES string of the molecule is Nc1nc2ccccc2nc1N1CCNC(C(=O)O)C1. The molecule has 1 unspecified atom stereocenters. The third kappa shape index (κ3) is 2.23. The second-order valence-electron chi connectivity index (χ2n) is 4.71. The average molecular weight is 273 g/mol. The van der Waals surface area contributed by atoms with Crippen molar-refractivity contribution in [1.29, 1.82) is 0 Å². The van der Waals surface area contributed by atoms with E-state index in [0.717, 1.165) is 11.0 Å². The molecule has 1 aliphatic rings. The molecule has 0 bridgehead atoms. The zero-order chi connectivity index (χ0) is 14.1. The number of hydrogen-bond acceptors (Lipinski definition) is 6. The summed E-state index contributed by atoms with van der Waals surface area (Å²) in [4.78, 5) is 21.8. The van der Waals surface area contributed by atoms with Crippen LogP contribution >= 0.6 is 0 Å². The van der Waals surface area contributed by atoms with E-state index in [-0.39, 0.29) is 0 Å². The van der Waals surface area contributed by atoms with Crippen LogP contribution in [0.1, 0.15) is 0 Å². The van der Waals surface area contributed by atoms with Crippen molar-refractivity contribution in [2.24, 2.45) is 0 Å². The van der Waals surface area contributed by atoms with Gasteiger partial charge in [-0.05, 0) is 12.1 Å². The number of benzene rings is 1. The summed E-state index contributed by atoms with van der Waals surface area (Å²) < 4.78 is 0. The maximum Gasteiger partial charge on any atom is 0.322 e.